The van der Waals surface area contributed by atoms with Gasteiger partial charge in [0.05, 0.1) is 23.9 Å². The lowest BCUT2D eigenvalue weighted by molar-refractivity contribution is -0.138. The monoisotopic (exact) mass is 471 g/mol. The summed E-state index contributed by atoms with van der Waals surface area (Å²) in [5, 5.41) is 8.31. The summed E-state index contributed by atoms with van der Waals surface area (Å²) >= 11 is 0. The molecule has 0 aromatic heterocycles. The lowest BCUT2D eigenvalue weighted by Crippen LogP contribution is -2.45. The third-order valence-corrected chi connectivity index (χ3v) is 5.27. The van der Waals surface area contributed by atoms with E-state index in [-0.39, 0.29) is 19.1 Å². The zero-order chi connectivity index (χ0) is 24.6. The Morgan fingerprint density at radius 2 is 1.57 bits per heavy atom. The molecule has 3 aromatic carbocycles. The van der Waals surface area contributed by atoms with Crippen molar-refractivity contribution >= 4 is 29.3 Å². The van der Waals surface area contributed by atoms with Crippen molar-refractivity contribution in [1.82, 2.24) is 10.6 Å². The van der Waals surface area contributed by atoms with E-state index in [4.69, 9.17) is 9.47 Å². The summed E-state index contributed by atoms with van der Waals surface area (Å²) < 4.78 is 10.9. The van der Waals surface area contributed by atoms with E-state index in [9.17, 15) is 14.4 Å². The number of para-hydroxylation sites is 1. The summed E-state index contributed by atoms with van der Waals surface area (Å²) in [6.45, 7) is 1.76. The van der Waals surface area contributed by atoms with Crippen molar-refractivity contribution in [2.24, 2.45) is 0 Å². The molecule has 3 amide bonds. The Hall–Kier alpha value is -4.59. The summed E-state index contributed by atoms with van der Waals surface area (Å²) in [6.07, 6.45) is 0. The number of rotatable bonds is 8. The van der Waals surface area contributed by atoms with Crippen LogP contribution in [0.4, 0.5) is 10.5 Å². The van der Waals surface area contributed by atoms with Gasteiger partial charge in [-0.2, -0.15) is 0 Å². The molecule has 0 aliphatic carbocycles. The summed E-state index contributed by atoms with van der Waals surface area (Å²) in [6, 6.07) is 23.9. The second kappa shape index (κ2) is 11.0. The molecule has 35 heavy (non-hydrogen) atoms. The quantitative estimate of drug-likeness (QED) is 0.430. The highest BCUT2D eigenvalue weighted by Gasteiger charge is 2.34. The third kappa shape index (κ3) is 5.86. The molecule has 1 atom stereocenters. The van der Waals surface area contributed by atoms with Gasteiger partial charge in [-0.05, 0) is 42.3 Å². The lowest BCUT2D eigenvalue weighted by Gasteiger charge is -2.29. The number of carbonyl (C=O) groups excluding carboxylic acids is 3. The number of nitrogens with one attached hydrogen (secondary N) is 3. The summed E-state index contributed by atoms with van der Waals surface area (Å²) in [4.78, 5) is 37.5. The molecule has 1 aliphatic heterocycles. The van der Waals surface area contributed by atoms with E-state index < -0.39 is 18.0 Å². The number of ether oxygens (including phenoxy) is 2. The molecular weight excluding hydrogens is 446 g/mol. The van der Waals surface area contributed by atoms with Crippen LogP contribution in [0.5, 0.6) is 5.75 Å². The van der Waals surface area contributed by atoms with Gasteiger partial charge in [-0.3, -0.25) is 4.79 Å². The highest BCUT2D eigenvalue weighted by Crippen LogP contribution is 2.32. The maximum Gasteiger partial charge on any atom is 0.338 e. The average Bonchev–Trinajstić information content (AvgIpc) is 2.88. The first-order chi connectivity index (χ1) is 17.0. The number of amides is 3. The number of anilines is 1. The van der Waals surface area contributed by atoms with Crippen molar-refractivity contribution < 1.29 is 23.9 Å². The molecule has 178 valence electrons. The Bertz CT molecular complexity index is 1220. The predicted molar refractivity (Wildman–Crippen MR) is 131 cm³/mol. The van der Waals surface area contributed by atoms with Crippen LogP contribution in [0.15, 0.2) is 90.5 Å². The van der Waals surface area contributed by atoms with Crippen LogP contribution in [0.3, 0.4) is 0 Å². The molecule has 8 heteroatoms. The van der Waals surface area contributed by atoms with Gasteiger partial charge < -0.3 is 25.4 Å². The van der Waals surface area contributed by atoms with Gasteiger partial charge >= 0.3 is 12.0 Å². The van der Waals surface area contributed by atoms with E-state index in [0.29, 0.717) is 33.8 Å². The molecule has 1 aliphatic rings. The highest BCUT2D eigenvalue weighted by molar-refractivity contribution is 6.04. The minimum absolute atomic E-state index is 0.162. The van der Waals surface area contributed by atoms with Gasteiger partial charge in [-0.15, -0.1) is 0 Å². The molecule has 0 spiro atoms. The molecule has 0 saturated carbocycles. The zero-order valence-corrected chi connectivity index (χ0v) is 19.1. The molecule has 1 unspecified atom stereocenters. The fourth-order valence-corrected chi connectivity index (χ4v) is 3.70. The Kier molecular flexibility index (Phi) is 7.42. The fourth-order valence-electron chi connectivity index (χ4n) is 3.70. The van der Waals surface area contributed by atoms with Crippen molar-refractivity contribution in [1.29, 1.82) is 0 Å². The summed E-state index contributed by atoms with van der Waals surface area (Å²) in [5.74, 6) is -0.338. The van der Waals surface area contributed by atoms with Crippen molar-refractivity contribution in [2.45, 2.75) is 13.0 Å². The van der Waals surface area contributed by atoms with E-state index in [1.54, 1.807) is 43.3 Å². The van der Waals surface area contributed by atoms with Gasteiger partial charge in [0.15, 0.2) is 6.61 Å². The fraction of sp³-hybridized carbons (Fsp3) is 0.148. The van der Waals surface area contributed by atoms with E-state index in [1.807, 2.05) is 48.5 Å². The van der Waals surface area contributed by atoms with Crippen LogP contribution in [-0.2, 0) is 14.3 Å². The van der Waals surface area contributed by atoms with Crippen LogP contribution in [0.2, 0.25) is 0 Å². The normalized spacial score (nSPS) is 15.0. The third-order valence-electron chi connectivity index (χ3n) is 5.27. The second-order valence-electron chi connectivity index (χ2n) is 7.68. The molecule has 8 nitrogen and oxygen atoms in total. The first kappa shape index (κ1) is 23.6. The van der Waals surface area contributed by atoms with Gasteiger partial charge in [-0.1, -0.05) is 60.7 Å². The lowest BCUT2D eigenvalue weighted by atomic mass is 9.92. The Morgan fingerprint density at radius 1 is 0.914 bits per heavy atom. The molecule has 0 bridgehead atoms. The van der Waals surface area contributed by atoms with Crippen LogP contribution in [0.1, 0.15) is 24.1 Å². The van der Waals surface area contributed by atoms with E-state index >= 15 is 0 Å². The van der Waals surface area contributed by atoms with Crippen LogP contribution in [-0.4, -0.2) is 31.1 Å². The molecule has 1 heterocycles. The van der Waals surface area contributed by atoms with Crippen molar-refractivity contribution in [3.05, 3.63) is 102 Å². The average molecular weight is 472 g/mol. The Balaban J connectivity index is 1.54. The first-order valence-corrected chi connectivity index (χ1v) is 11.2. The minimum atomic E-state index is -0.728. The maximum absolute atomic E-state index is 12.9. The molecule has 3 N–H and O–H groups in total. The zero-order valence-electron chi connectivity index (χ0n) is 19.1. The minimum Gasteiger partial charge on any atom is -0.484 e. The van der Waals surface area contributed by atoms with Crippen molar-refractivity contribution in [2.75, 3.05) is 18.5 Å². The number of carbonyl (C=O) groups is 3. The molecule has 3 aromatic rings. The van der Waals surface area contributed by atoms with Crippen LogP contribution in [0.25, 0.3) is 5.70 Å². The van der Waals surface area contributed by atoms with E-state index in [2.05, 4.69) is 16.0 Å². The first-order valence-electron chi connectivity index (χ1n) is 11.2. The van der Waals surface area contributed by atoms with E-state index in [0.717, 1.165) is 0 Å². The van der Waals surface area contributed by atoms with Crippen molar-refractivity contribution in [3.63, 3.8) is 0 Å². The topological polar surface area (TPSA) is 106 Å². The SMILES string of the molecule is CCOC(=O)C1=C(c2ccccc2)NC(=O)NC1c1ccc(OCC(=O)Nc2ccccc2)cc1. The van der Waals surface area contributed by atoms with Crippen LogP contribution >= 0.6 is 0 Å². The van der Waals surface area contributed by atoms with Crippen molar-refractivity contribution in [3.8, 4) is 5.75 Å². The molecule has 0 fully saturated rings. The number of hydrogen-bond acceptors (Lipinski definition) is 5. The van der Waals surface area contributed by atoms with Gasteiger partial charge in [0, 0.05) is 5.69 Å². The van der Waals surface area contributed by atoms with Gasteiger partial charge in [0.2, 0.25) is 0 Å². The summed E-state index contributed by atoms with van der Waals surface area (Å²) in [5.41, 5.74) is 2.74. The van der Waals surface area contributed by atoms with Gasteiger partial charge in [-0.25, -0.2) is 9.59 Å². The van der Waals surface area contributed by atoms with Gasteiger partial charge in [0.25, 0.3) is 5.91 Å². The number of benzene rings is 3. The Morgan fingerprint density at radius 3 is 2.23 bits per heavy atom. The standard InChI is InChI=1S/C27H25N3O5/c1-2-34-26(32)23-24(18-9-5-3-6-10-18)29-27(33)30-25(23)19-13-15-21(16-14-19)35-17-22(31)28-20-11-7-4-8-12-20/h3-16,25H,2,17H2,1H3,(H,28,31)(H2,29,30,33). The highest BCUT2D eigenvalue weighted by atomic mass is 16.5. The molecular formula is C27H25N3O5. The van der Waals surface area contributed by atoms with Crippen LogP contribution < -0.4 is 20.7 Å². The van der Waals surface area contributed by atoms with E-state index in [1.165, 1.54) is 0 Å². The van der Waals surface area contributed by atoms with Gasteiger partial charge in [0.1, 0.15) is 5.75 Å². The summed E-state index contributed by atoms with van der Waals surface area (Å²) in [7, 11) is 0. The molecule has 0 radical (unpaired) electrons. The smallest absolute Gasteiger partial charge is 0.338 e. The number of urea groups is 1. The predicted octanol–water partition coefficient (Wildman–Crippen LogP) is 4.03. The molecule has 0 saturated heterocycles. The largest absolute Gasteiger partial charge is 0.484 e. The number of hydrogen-bond donors (Lipinski definition) is 3. The maximum atomic E-state index is 12.9. The van der Waals surface area contributed by atoms with Crippen LogP contribution in [0, 0.1) is 0 Å². The second-order valence-corrected chi connectivity index (χ2v) is 7.68. The number of esters is 1. The molecule has 4 rings (SSSR count). The Labute approximate surface area is 202 Å².